The number of carbonyl (C=O) groups is 1. The molecule has 6 N–H and O–H groups in total. The minimum absolute atomic E-state index is 0.403. The maximum Gasteiger partial charge on any atom is 0.221 e. The molecule has 0 aliphatic rings. The molecule has 1 rings (SSSR count). The zero-order valence-corrected chi connectivity index (χ0v) is 6.40. The Morgan fingerprint density at radius 2 is 2.08 bits per heavy atom. The molecule has 0 unspecified atom stereocenters. The summed E-state index contributed by atoms with van der Waals surface area (Å²) in [6, 6.07) is 5.49. The van der Waals surface area contributed by atoms with E-state index in [9.17, 15) is 0 Å². The predicted octanol–water partition coefficient (Wildman–Crippen LogP) is -1.03. The third kappa shape index (κ3) is 5.15. The first-order chi connectivity index (χ1) is 5.85. The van der Waals surface area contributed by atoms with Crippen LogP contribution >= 0.6 is 0 Å². The highest BCUT2D eigenvalue weighted by Gasteiger charge is 1.80. The van der Waals surface area contributed by atoms with Crippen LogP contribution in [0.25, 0.3) is 0 Å². The van der Waals surface area contributed by atoms with E-state index >= 15 is 0 Å². The Bertz CT molecular complexity index is 202. The van der Waals surface area contributed by atoms with E-state index in [1.54, 1.807) is 17.7 Å². The summed E-state index contributed by atoms with van der Waals surface area (Å²) >= 11 is 0. The van der Waals surface area contributed by atoms with Gasteiger partial charge in [-0.15, -0.1) is 0 Å². The van der Waals surface area contributed by atoms with E-state index in [1.165, 1.54) is 0 Å². The zero-order valence-electron chi connectivity index (χ0n) is 6.40. The molecule has 1 heterocycles. The molecule has 6 nitrogen and oxygen atoms in total. The van der Waals surface area contributed by atoms with E-state index < -0.39 is 0 Å². The van der Waals surface area contributed by atoms with E-state index in [-0.39, 0.29) is 0 Å². The monoisotopic (exact) mass is 169 g/mol. The molecule has 66 valence electrons. The highest BCUT2D eigenvalue weighted by molar-refractivity contribution is 5.44. The van der Waals surface area contributed by atoms with Crippen molar-refractivity contribution in [3.63, 3.8) is 0 Å². The minimum atomic E-state index is 0.403. The summed E-state index contributed by atoms with van der Waals surface area (Å²) in [4.78, 5) is 12.8. The molecular formula is C6H11N5O. The van der Waals surface area contributed by atoms with Crippen LogP contribution in [0, 0.1) is 0 Å². The summed E-state index contributed by atoms with van der Waals surface area (Å²) in [5, 5.41) is 0. The average molecular weight is 169 g/mol. The number of hydrazine groups is 2. The Balaban J connectivity index is 0.000000261. The second-order valence-electron chi connectivity index (χ2n) is 1.64. The maximum atomic E-state index is 8.94. The van der Waals surface area contributed by atoms with Crippen molar-refractivity contribution in [2.45, 2.75) is 0 Å². The van der Waals surface area contributed by atoms with E-state index in [0.29, 0.717) is 12.2 Å². The number of pyridine rings is 1. The van der Waals surface area contributed by atoms with Crippen molar-refractivity contribution >= 4 is 12.2 Å². The summed E-state index contributed by atoms with van der Waals surface area (Å²) in [7, 11) is 0. The standard InChI is InChI=1S/C5H7N3.CH4N2O/c6-8-5-3-1-2-4-7-5;2-3-1-4/h1-4H,6H2,(H,7,8);1H,2H2,(H,3,4). The topological polar surface area (TPSA) is 106 Å². The molecule has 0 saturated carbocycles. The molecule has 0 aliphatic heterocycles. The summed E-state index contributed by atoms with van der Waals surface area (Å²) in [5.41, 5.74) is 4.17. The van der Waals surface area contributed by atoms with Gasteiger partial charge in [0.15, 0.2) is 0 Å². The second kappa shape index (κ2) is 7.45. The Kier molecular flexibility index (Phi) is 6.42. The number of nitrogens with one attached hydrogen (secondary N) is 2. The van der Waals surface area contributed by atoms with Gasteiger partial charge in [0.1, 0.15) is 5.82 Å². The quantitative estimate of drug-likeness (QED) is 0.196. The summed E-state index contributed by atoms with van der Waals surface area (Å²) < 4.78 is 0. The Hall–Kier alpha value is -1.66. The fraction of sp³-hybridized carbons (Fsp3) is 0. The number of hydrogen-bond acceptors (Lipinski definition) is 5. The molecule has 0 aromatic carbocycles. The van der Waals surface area contributed by atoms with Gasteiger partial charge < -0.3 is 5.43 Å². The number of amides is 1. The van der Waals surface area contributed by atoms with E-state index in [2.05, 4.69) is 16.3 Å². The molecule has 6 heteroatoms. The fourth-order valence-electron chi connectivity index (χ4n) is 0.448. The smallest absolute Gasteiger partial charge is 0.221 e. The molecule has 0 fully saturated rings. The highest BCUT2D eigenvalue weighted by atomic mass is 16.1. The third-order valence-electron chi connectivity index (χ3n) is 0.881. The molecule has 1 aromatic heterocycles. The van der Waals surface area contributed by atoms with Crippen LogP contribution in [0.3, 0.4) is 0 Å². The average Bonchev–Trinajstić information content (AvgIpc) is 2.19. The SMILES string of the molecule is NNC=O.NNc1ccccn1. The van der Waals surface area contributed by atoms with E-state index in [4.69, 9.17) is 10.6 Å². The number of nitrogens with zero attached hydrogens (tertiary/aromatic N) is 1. The van der Waals surface area contributed by atoms with Crippen molar-refractivity contribution in [3.05, 3.63) is 24.4 Å². The van der Waals surface area contributed by atoms with Gasteiger partial charge in [0.2, 0.25) is 6.41 Å². The van der Waals surface area contributed by atoms with Crippen molar-refractivity contribution in [2.24, 2.45) is 11.7 Å². The number of nitrogens with two attached hydrogens (primary N) is 2. The van der Waals surface area contributed by atoms with Gasteiger partial charge in [-0.2, -0.15) is 0 Å². The molecule has 0 saturated heterocycles. The normalized spacial score (nSPS) is 7.50. The van der Waals surface area contributed by atoms with Crippen molar-refractivity contribution < 1.29 is 4.79 Å². The van der Waals surface area contributed by atoms with Crippen molar-refractivity contribution in [1.29, 1.82) is 0 Å². The molecule has 1 amide bonds. The molecule has 1 aromatic rings. The second-order valence-corrected chi connectivity index (χ2v) is 1.64. The predicted molar refractivity (Wildman–Crippen MR) is 45.4 cm³/mol. The van der Waals surface area contributed by atoms with Gasteiger partial charge in [-0.05, 0) is 12.1 Å². The lowest BCUT2D eigenvalue weighted by Gasteiger charge is -1.92. The van der Waals surface area contributed by atoms with E-state index in [0.717, 1.165) is 0 Å². The lowest BCUT2D eigenvalue weighted by molar-refractivity contribution is -0.109. The number of anilines is 1. The summed E-state index contributed by atoms with van der Waals surface area (Å²) in [5.74, 6) is 10.1. The van der Waals surface area contributed by atoms with Crippen LogP contribution in [0.2, 0.25) is 0 Å². The third-order valence-corrected chi connectivity index (χ3v) is 0.881. The lowest BCUT2D eigenvalue weighted by atomic mass is 10.5. The van der Waals surface area contributed by atoms with E-state index in [1.807, 2.05) is 12.1 Å². The zero-order chi connectivity index (χ0) is 9.23. The molecule has 0 spiro atoms. The first-order valence-electron chi connectivity index (χ1n) is 3.12. The summed E-state index contributed by atoms with van der Waals surface area (Å²) in [6.07, 6.45) is 2.08. The number of carbonyl (C=O) groups excluding carboxylic acids is 1. The van der Waals surface area contributed by atoms with Gasteiger partial charge in [-0.3, -0.25) is 10.2 Å². The molecule has 12 heavy (non-hydrogen) atoms. The lowest BCUT2D eigenvalue weighted by Crippen LogP contribution is -2.18. The highest BCUT2D eigenvalue weighted by Crippen LogP contribution is 1.94. The first-order valence-corrected chi connectivity index (χ1v) is 3.12. The molecule has 0 atom stereocenters. The van der Waals surface area contributed by atoms with Gasteiger partial charge in [0.05, 0.1) is 0 Å². The van der Waals surface area contributed by atoms with Crippen LogP contribution < -0.4 is 22.5 Å². The van der Waals surface area contributed by atoms with Crippen LogP contribution in [-0.2, 0) is 4.79 Å². The van der Waals surface area contributed by atoms with Gasteiger partial charge >= 0.3 is 0 Å². The van der Waals surface area contributed by atoms with Gasteiger partial charge in [-0.1, -0.05) is 6.07 Å². The van der Waals surface area contributed by atoms with Gasteiger partial charge in [0, 0.05) is 6.20 Å². The van der Waals surface area contributed by atoms with Crippen molar-refractivity contribution in [2.75, 3.05) is 5.43 Å². The van der Waals surface area contributed by atoms with Crippen LogP contribution in [-0.4, -0.2) is 11.4 Å². The molecule has 0 radical (unpaired) electrons. The minimum Gasteiger partial charge on any atom is -0.308 e. The maximum absolute atomic E-state index is 8.94. The van der Waals surface area contributed by atoms with Gasteiger partial charge in [0.25, 0.3) is 0 Å². The molecule has 0 bridgehead atoms. The van der Waals surface area contributed by atoms with Crippen molar-refractivity contribution in [3.8, 4) is 0 Å². The summed E-state index contributed by atoms with van der Waals surface area (Å²) in [6.45, 7) is 0. The Morgan fingerprint density at radius 1 is 1.42 bits per heavy atom. The first kappa shape index (κ1) is 10.3. The van der Waals surface area contributed by atoms with Crippen LogP contribution in [0.4, 0.5) is 5.82 Å². The van der Waals surface area contributed by atoms with Crippen LogP contribution in [0.1, 0.15) is 0 Å². The van der Waals surface area contributed by atoms with Crippen LogP contribution in [0.5, 0.6) is 0 Å². The number of nitrogen functional groups attached to an aromatic ring is 1. The number of rotatable bonds is 2. The number of hydrogen-bond donors (Lipinski definition) is 4. The van der Waals surface area contributed by atoms with Crippen molar-refractivity contribution in [1.82, 2.24) is 10.4 Å². The Morgan fingerprint density at radius 3 is 2.33 bits per heavy atom. The largest absolute Gasteiger partial charge is 0.308 e. The van der Waals surface area contributed by atoms with Crippen LogP contribution in [0.15, 0.2) is 24.4 Å². The molecular weight excluding hydrogens is 158 g/mol. The van der Waals surface area contributed by atoms with Gasteiger partial charge in [-0.25, -0.2) is 16.7 Å². The number of aromatic nitrogens is 1. The molecule has 0 aliphatic carbocycles. The Labute approximate surface area is 69.9 Å². The fourth-order valence-corrected chi connectivity index (χ4v) is 0.448.